The first-order valence-electron chi connectivity index (χ1n) is 11.2. The van der Waals surface area contributed by atoms with Crippen LogP contribution < -0.4 is 5.32 Å². The summed E-state index contributed by atoms with van der Waals surface area (Å²) in [7, 11) is 0. The van der Waals surface area contributed by atoms with Gasteiger partial charge in [0.1, 0.15) is 18.2 Å². The van der Waals surface area contributed by atoms with Crippen molar-refractivity contribution in [1.82, 2.24) is 14.9 Å². The number of esters is 2. The minimum absolute atomic E-state index is 0.0574. The van der Waals surface area contributed by atoms with Crippen LogP contribution in [0.15, 0.2) is 61.2 Å². The normalized spacial score (nSPS) is 13.0. The standard InChI is InChI=1S/C26H35N3O4/c1-20(2)24(25(31)33-26(3,4)5)28-14-8-13-23(30)32-17-9-12-21-10-6-7-11-22(21)18-29-16-15-27-19-29/h6-13,15-16,19-20,24,28H,14,17-18H2,1-5H3/t24-/m0/s1. The van der Waals surface area contributed by atoms with E-state index in [0.717, 1.165) is 17.7 Å². The lowest BCUT2D eigenvalue weighted by molar-refractivity contribution is -0.158. The molecule has 0 saturated heterocycles. The highest BCUT2D eigenvalue weighted by Gasteiger charge is 2.26. The van der Waals surface area contributed by atoms with E-state index >= 15 is 0 Å². The highest BCUT2D eigenvalue weighted by molar-refractivity contribution is 5.82. The number of hydrogen-bond donors (Lipinski definition) is 1. The lowest BCUT2D eigenvalue weighted by Gasteiger charge is -2.26. The first-order chi connectivity index (χ1) is 15.7. The molecule has 7 nitrogen and oxygen atoms in total. The van der Waals surface area contributed by atoms with E-state index in [4.69, 9.17) is 9.47 Å². The summed E-state index contributed by atoms with van der Waals surface area (Å²) >= 11 is 0. The van der Waals surface area contributed by atoms with Crippen LogP contribution in [0.1, 0.15) is 45.7 Å². The van der Waals surface area contributed by atoms with E-state index in [1.807, 2.05) is 75.7 Å². The highest BCUT2D eigenvalue weighted by atomic mass is 16.6. The van der Waals surface area contributed by atoms with Crippen molar-refractivity contribution in [1.29, 1.82) is 0 Å². The highest BCUT2D eigenvalue weighted by Crippen LogP contribution is 2.13. The molecule has 1 heterocycles. The fourth-order valence-electron chi connectivity index (χ4n) is 3.08. The van der Waals surface area contributed by atoms with Gasteiger partial charge in [0, 0.05) is 31.6 Å². The summed E-state index contributed by atoms with van der Waals surface area (Å²) in [5.74, 6) is -0.680. The maximum Gasteiger partial charge on any atom is 0.330 e. The van der Waals surface area contributed by atoms with Crippen LogP contribution in [0.3, 0.4) is 0 Å². The number of imidazole rings is 1. The van der Waals surface area contributed by atoms with E-state index in [1.165, 1.54) is 6.08 Å². The number of ether oxygens (including phenoxy) is 2. The van der Waals surface area contributed by atoms with Gasteiger partial charge in [-0.1, -0.05) is 50.3 Å². The third kappa shape index (κ3) is 9.87. The molecule has 0 bridgehead atoms. The Labute approximate surface area is 196 Å². The van der Waals surface area contributed by atoms with Crippen LogP contribution in [0.4, 0.5) is 0 Å². The summed E-state index contributed by atoms with van der Waals surface area (Å²) in [6.45, 7) is 10.6. The van der Waals surface area contributed by atoms with Gasteiger partial charge in [0.2, 0.25) is 0 Å². The molecule has 0 aliphatic rings. The van der Waals surface area contributed by atoms with E-state index in [1.54, 1.807) is 18.6 Å². The molecule has 2 aromatic rings. The average Bonchev–Trinajstić information content (AvgIpc) is 3.23. The zero-order valence-corrected chi connectivity index (χ0v) is 20.2. The van der Waals surface area contributed by atoms with Gasteiger partial charge < -0.3 is 19.4 Å². The topological polar surface area (TPSA) is 82.5 Å². The fraction of sp³-hybridized carbons (Fsp3) is 0.423. The first-order valence-corrected chi connectivity index (χ1v) is 11.2. The first kappa shape index (κ1) is 26.1. The zero-order chi connectivity index (χ0) is 24.3. The Kier molecular flexibility index (Phi) is 10.1. The molecule has 1 aromatic carbocycles. The number of aromatic nitrogens is 2. The van der Waals surface area contributed by atoms with E-state index in [-0.39, 0.29) is 18.5 Å². The van der Waals surface area contributed by atoms with Gasteiger partial charge in [-0.15, -0.1) is 0 Å². The number of carbonyl (C=O) groups is 2. The van der Waals surface area contributed by atoms with Crippen molar-refractivity contribution in [2.45, 2.75) is 52.8 Å². The molecule has 7 heteroatoms. The lowest BCUT2D eigenvalue weighted by Crippen LogP contribution is -2.44. The van der Waals surface area contributed by atoms with Gasteiger partial charge in [-0.3, -0.25) is 4.79 Å². The van der Waals surface area contributed by atoms with Crippen molar-refractivity contribution in [3.05, 3.63) is 72.3 Å². The van der Waals surface area contributed by atoms with Crippen molar-refractivity contribution < 1.29 is 19.1 Å². The second-order valence-corrected chi connectivity index (χ2v) is 9.03. The molecule has 0 saturated carbocycles. The Bertz CT molecular complexity index is 941. The molecule has 0 spiro atoms. The van der Waals surface area contributed by atoms with E-state index in [0.29, 0.717) is 6.54 Å². The lowest BCUT2D eigenvalue weighted by atomic mass is 10.0. The quantitative estimate of drug-likeness (QED) is 0.409. The fourth-order valence-corrected chi connectivity index (χ4v) is 3.08. The van der Waals surface area contributed by atoms with Gasteiger partial charge in [-0.25, -0.2) is 9.78 Å². The minimum atomic E-state index is -0.543. The monoisotopic (exact) mass is 453 g/mol. The third-order valence-electron chi connectivity index (χ3n) is 4.62. The Balaban J connectivity index is 1.78. The summed E-state index contributed by atoms with van der Waals surface area (Å²) < 4.78 is 12.7. The molecule has 1 N–H and O–H groups in total. The molecule has 0 aliphatic carbocycles. The number of benzene rings is 1. The molecule has 0 amide bonds. The summed E-state index contributed by atoms with van der Waals surface area (Å²) in [6.07, 6.45) is 12.2. The SMILES string of the molecule is CC(C)[C@H](NCC=CC(=O)OCC=Cc1ccccc1Cn1ccnc1)C(=O)OC(C)(C)C. The van der Waals surface area contributed by atoms with Crippen molar-refractivity contribution in [2.24, 2.45) is 5.92 Å². The van der Waals surface area contributed by atoms with Crippen LogP contribution in [0.25, 0.3) is 6.08 Å². The molecular weight excluding hydrogens is 418 g/mol. The predicted octanol–water partition coefficient (Wildman–Crippen LogP) is 4.00. The Morgan fingerprint density at radius 1 is 1.18 bits per heavy atom. The maximum absolute atomic E-state index is 12.3. The molecule has 2 rings (SSSR count). The van der Waals surface area contributed by atoms with Crippen LogP contribution in [0.2, 0.25) is 0 Å². The van der Waals surface area contributed by atoms with Crippen molar-refractivity contribution in [3.8, 4) is 0 Å². The number of rotatable bonds is 11. The smallest absolute Gasteiger partial charge is 0.330 e. The number of carbonyl (C=O) groups excluding carboxylic acids is 2. The molecule has 0 fully saturated rings. The van der Waals surface area contributed by atoms with Gasteiger partial charge in [-0.05, 0) is 43.9 Å². The Hall–Kier alpha value is -3.19. The molecule has 0 aliphatic heterocycles. The second kappa shape index (κ2) is 12.7. The molecule has 1 atom stereocenters. The summed E-state index contributed by atoms with van der Waals surface area (Å²) in [5.41, 5.74) is 1.66. The molecule has 0 unspecified atom stereocenters. The van der Waals surface area contributed by atoms with Gasteiger partial charge in [-0.2, -0.15) is 0 Å². The molecule has 0 radical (unpaired) electrons. The van der Waals surface area contributed by atoms with Gasteiger partial charge in [0.05, 0.1) is 6.33 Å². The van der Waals surface area contributed by atoms with Gasteiger partial charge in [0.25, 0.3) is 0 Å². The predicted molar refractivity (Wildman–Crippen MR) is 129 cm³/mol. The maximum atomic E-state index is 12.3. The summed E-state index contributed by atoms with van der Waals surface area (Å²) in [5, 5.41) is 3.12. The van der Waals surface area contributed by atoms with Crippen LogP contribution >= 0.6 is 0 Å². The number of nitrogens with one attached hydrogen (secondary N) is 1. The van der Waals surface area contributed by atoms with Gasteiger partial charge in [0.15, 0.2) is 0 Å². The molecular formula is C26H35N3O4. The van der Waals surface area contributed by atoms with Crippen molar-refractivity contribution >= 4 is 18.0 Å². The summed E-state index contributed by atoms with van der Waals surface area (Å²) in [6, 6.07) is 7.60. The number of nitrogens with zero attached hydrogens (tertiary/aromatic N) is 2. The second-order valence-electron chi connectivity index (χ2n) is 9.03. The third-order valence-corrected chi connectivity index (χ3v) is 4.62. The Morgan fingerprint density at radius 3 is 2.61 bits per heavy atom. The van der Waals surface area contributed by atoms with Crippen LogP contribution in [-0.2, 0) is 25.6 Å². The average molecular weight is 454 g/mol. The minimum Gasteiger partial charge on any atom is -0.459 e. The molecule has 178 valence electrons. The number of hydrogen-bond acceptors (Lipinski definition) is 6. The van der Waals surface area contributed by atoms with Crippen molar-refractivity contribution in [3.63, 3.8) is 0 Å². The van der Waals surface area contributed by atoms with E-state index in [2.05, 4.69) is 16.4 Å². The molecule has 33 heavy (non-hydrogen) atoms. The van der Waals surface area contributed by atoms with Crippen molar-refractivity contribution in [2.75, 3.05) is 13.2 Å². The summed E-state index contributed by atoms with van der Waals surface area (Å²) in [4.78, 5) is 28.3. The Morgan fingerprint density at radius 2 is 1.94 bits per heavy atom. The van der Waals surface area contributed by atoms with E-state index in [9.17, 15) is 9.59 Å². The van der Waals surface area contributed by atoms with Gasteiger partial charge >= 0.3 is 11.9 Å². The zero-order valence-electron chi connectivity index (χ0n) is 20.2. The van der Waals surface area contributed by atoms with Crippen LogP contribution in [0.5, 0.6) is 0 Å². The molecule has 1 aromatic heterocycles. The van der Waals surface area contributed by atoms with E-state index < -0.39 is 17.6 Å². The van der Waals surface area contributed by atoms with Crippen LogP contribution in [-0.4, -0.2) is 46.3 Å². The largest absolute Gasteiger partial charge is 0.459 e. The van der Waals surface area contributed by atoms with Crippen LogP contribution in [0, 0.1) is 5.92 Å².